The first kappa shape index (κ1) is 13.7. The third-order valence-corrected chi connectivity index (χ3v) is 3.11. The van der Waals surface area contributed by atoms with Crippen LogP contribution in [0.2, 0.25) is 10.0 Å². The number of rotatable bonds is 3. The summed E-state index contributed by atoms with van der Waals surface area (Å²) in [6, 6.07) is 12.2. The molecule has 0 radical (unpaired) electrons. The highest BCUT2D eigenvalue weighted by atomic mass is 35.5. The van der Waals surface area contributed by atoms with Crippen LogP contribution in [0.1, 0.15) is 11.1 Å². The van der Waals surface area contributed by atoms with E-state index in [1.165, 1.54) is 12.1 Å². The van der Waals surface area contributed by atoms with Crippen LogP contribution in [-0.4, -0.2) is 0 Å². The number of hydrogen-bond donors (Lipinski definition) is 1. The standard InChI is InChI=1S/C14H9Cl2FN2/c15-12-5-11(6-13(16)14(12)17)19-8-10-3-1-9(7-18)2-4-10/h1-6,19H,8H2. The lowest BCUT2D eigenvalue weighted by atomic mass is 10.1. The molecule has 0 aliphatic carbocycles. The third kappa shape index (κ3) is 3.37. The van der Waals surface area contributed by atoms with Crippen molar-refractivity contribution in [1.29, 1.82) is 5.26 Å². The number of halogens is 3. The first-order valence-electron chi connectivity index (χ1n) is 5.47. The molecule has 0 amide bonds. The van der Waals surface area contributed by atoms with Crippen molar-refractivity contribution >= 4 is 28.9 Å². The van der Waals surface area contributed by atoms with Crippen molar-refractivity contribution in [3.8, 4) is 6.07 Å². The van der Waals surface area contributed by atoms with E-state index in [1.807, 2.05) is 12.1 Å². The van der Waals surface area contributed by atoms with Gasteiger partial charge in [-0.25, -0.2) is 4.39 Å². The molecule has 0 fully saturated rings. The van der Waals surface area contributed by atoms with Gasteiger partial charge in [-0.2, -0.15) is 5.26 Å². The van der Waals surface area contributed by atoms with Crippen molar-refractivity contribution in [2.75, 3.05) is 5.32 Å². The Morgan fingerprint density at radius 2 is 1.68 bits per heavy atom. The van der Waals surface area contributed by atoms with Gasteiger partial charge in [-0.1, -0.05) is 35.3 Å². The van der Waals surface area contributed by atoms with Gasteiger partial charge in [0.1, 0.15) is 0 Å². The molecule has 0 aliphatic rings. The SMILES string of the molecule is N#Cc1ccc(CNc2cc(Cl)c(F)c(Cl)c2)cc1. The predicted octanol–water partition coefficient (Wildman–Crippen LogP) is 4.62. The number of nitriles is 1. The van der Waals surface area contributed by atoms with E-state index in [1.54, 1.807) is 12.1 Å². The Morgan fingerprint density at radius 3 is 2.21 bits per heavy atom. The average molecular weight is 295 g/mol. The molecule has 0 aromatic heterocycles. The molecule has 0 atom stereocenters. The second-order valence-corrected chi connectivity index (χ2v) is 4.73. The van der Waals surface area contributed by atoms with E-state index < -0.39 is 5.82 Å². The fraction of sp³-hybridized carbons (Fsp3) is 0.0714. The van der Waals surface area contributed by atoms with Gasteiger partial charge in [0.05, 0.1) is 21.7 Å². The minimum Gasteiger partial charge on any atom is -0.381 e. The van der Waals surface area contributed by atoms with Crippen molar-refractivity contribution in [2.45, 2.75) is 6.54 Å². The Morgan fingerprint density at radius 1 is 1.11 bits per heavy atom. The monoisotopic (exact) mass is 294 g/mol. The van der Waals surface area contributed by atoms with Gasteiger partial charge in [-0.15, -0.1) is 0 Å². The van der Waals surface area contributed by atoms with Crippen molar-refractivity contribution in [1.82, 2.24) is 0 Å². The normalized spacial score (nSPS) is 10.0. The largest absolute Gasteiger partial charge is 0.381 e. The Balaban J connectivity index is 2.08. The molecule has 0 heterocycles. The highest BCUT2D eigenvalue weighted by Crippen LogP contribution is 2.27. The van der Waals surface area contributed by atoms with E-state index >= 15 is 0 Å². The number of hydrogen-bond acceptors (Lipinski definition) is 2. The second kappa shape index (κ2) is 5.92. The number of nitrogens with one attached hydrogen (secondary N) is 1. The highest BCUT2D eigenvalue weighted by Gasteiger charge is 2.07. The zero-order valence-corrected chi connectivity index (χ0v) is 11.3. The lowest BCUT2D eigenvalue weighted by molar-refractivity contribution is 0.629. The summed E-state index contributed by atoms with van der Waals surface area (Å²) in [4.78, 5) is 0. The van der Waals surface area contributed by atoms with Crippen LogP contribution in [-0.2, 0) is 6.54 Å². The molecule has 0 unspecified atom stereocenters. The molecule has 2 rings (SSSR count). The summed E-state index contributed by atoms with van der Waals surface area (Å²) in [5, 5.41) is 11.7. The van der Waals surface area contributed by atoms with E-state index in [9.17, 15) is 4.39 Å². The van der Waals surface area contributed by atoms with Gasteiger partial charge in [-0.05, 0) is 29.8 Å². The van der Waals surface area contributed by atoms with Crippen molar-refractivity contribution in [3.63, 3.8) is 0 Å². The molecule has 0 saturated heterocycles. The van der Waals surface area contributed by atoms with E-state index in [2.05, 4.69) is 11.4 Å². The molecule has 0 saturated carbocycles. The maximum Gasteiger partial charge on any atom is 0.160 e. The molecule has 0 spiro atoms. The van der Waals surface area contributed by atoms with Crippen LogP contribution in [0.5, 0.6) is 0 Å². The lowest BCUT2D eigenvalue weighted by Gasteiger charge is -2.08. The summed E-state index contributed by atoms with van der Waals surface area (Å²) in [6.45, 7) is 0.532. The van der Waals surface area contributed by atoms with Crippen LogP contribution in [0, 0.1) is 17.1 Å². The summed E-state index contributed by atoms with van der Waals surface area (Å²) in [6.07, 6.45) is 0. The van der Waals surface area contributed by atoms with Gasteiger partial charge in [0.2, 0.25) is 0 Å². The number of nitrogens with zero attached hydrogens (tertiary/aromatic N) is 1. The molecule has 0 aliphatic heterocycles. The smallest absolute Gasteiger partial charge is 0.160 e. The maximum atomic E-state index is 13.2. The Hall–Kier alpha value is -1.76. The van der Waals surface area contributed by atoms with E-state index in [4.69, 9.17) is 28.5 Å². The quantitative estimate of drug-likeness (QED) is 0.839. The van der Waals surface area contributed by atoms with Gasteiger partial charge < -0.3 is 5.32 Å². The van der Waals surface area contributed by atoms with Crippen LogP contribution in [0.15, 0.2) is 36.4 Å². The Labute approximate surface area is 120 Å². The van der Waals surface area contributed by atoms with Crippen molar-refractivity contribution in [3.05, 3.63) is 63.4 Å². The third-order valence-electron chi connectivity index (χ3n) is 2.56. The fourth-order valence-electron chi connectivity index (χ4n) is 1.56. The van der Waals surface area contributed by atoms with E-state index in [0.29, 0.717) is 17.8 Å². The fourth-order valence-corrected chi connectivity index (χ4v) is 2.05. The highest BCUT2D eigenvalue weighted by molar-refractivity contribution is 6.35. The van der Waals surface area contributed by atoms with Crippen molar-refractivity contribution in [2.24, 2.45) is 0 Å². The topological polar surface area (TPSA) is 35.8 Å². The van der Waals surface area contributed by atoms with Crippen LogP contribution in [0.4, 0.5) is 10.1 Å². The van der Waals surface area contributed by atoms with Gasteiger partial charge in [0.25, 0.3) is 0 Å². The lowest BCUT2D eigenvalue weighted by Crippen LogP contribution is -2.00. The first-order chi connectivity index (χ1) is 9.10. The van der Waals surface area contributed by atoms with E-state index in [0.717, 1.165) is 5.56 Å². The summed E-state index contributed by atoms with van der Waals surface area (Å²) >= 11 is 11.4. The number of benzene rings is 2. The molecule has 2 aromatic carbocycles. The Bertz CT molecular complexity index is 610. The molecule has 19 heavy (non-hydrogen) atoms. The van der Waals surface area contributed by atoms with Gasteiger partial charge in [0.15, 0.2) is 5.82 Å². The molecular weight excluding hydrogens is 286 g/mol. The van der Waals surface area contributed by atoms with Gasteiger partial charge in [0, 0.05) is 12.2 Å². The number of anilines is 1. The van der Waals surface area contributed by atoms with Crippen molar-refractivity contribution < 1.29 is 4.39 Å². The molecule has 2 aromatic rings. The van der Waals surface area contributed by atoms with Crippen LogP contribution >= 0.6 is 23.2 Å². The minimum atomic E-state index is -0.618. The van der Waals surface area contributed by atoms with Gasteiger partial charge >= 0.3 is 0 Å². The first-order valence-corrected chi connectivity index (χ1v) is 6.23. The van der Waals surface area contributed by atoms with Crippen LogP contribution in [0.25, 0.3) is 0 Å². The minimum absolute atomic E-state index is 0.0187. The van der Waals surface area contributed by atoms with E-state index in [-0.39, 0.29) is 10.0 Å². The molecule has 1 N–H and O–H groups in total. The average Bonchev–Trinajstić information content (AvgIpc) is 2.43. The van der Waals surface area contributed by atoms with Crippen LogP contribution < -0.4 is 5.32 Å². The second-order valence-electron chi connectivity index (χ2n) is 3.92. The summed E-state index contributed by atoms with van der Waals surface area (Å²) in [7, 11) is 0. The molecule has 2 nitrogen and oxygen atoms in total. The Kier molecular flexibility index (Phi) is 4.26. The zero-order chi connectivity index (χ0) is 13.8. The predicted molar refractivity (Wildman–Crippen MR) is 74.9 cm³/mol. The maximum absolute atomic E-state index is 13.2. The molecule has 0 bridgehead atoms. The molecular formula is C14H9Cl2FN2. The summed E-state index contributed by atoms with van der Waals surface area (Å²) in [5.74, 6) is -0.618. The summed E-state index contributed by atoms with van der Waals surface area (Å²) < 4.78 is 13.2. The molecule has 96 valence electrons. The molecule has 5 heteroatoms. The summed E-state index contributed by atoms with van der Waals surface area (Å²) in [5.41, 5.74) is 2.24. The van der Waals surface area contributed by atoms with Crippen LogP contribution in [0.3, 0.4) is 0 Å². The van der Waals surface area contributed by atoms with Gasteiger partial charge in [-0.3, -0.25) is 0 Å². The zero-order valence-electron chi connectivity index (χ0n) is 9.75.